The Kier molecular flexibility index (Phi) is 5.02. The van der Waals surface area contributed by atoms with E-state index < -0.39 is 0 Å². The quantitative estimate of drug-likeness (QED) is 0.803. The molecule has 114 valence electrons. The Hall–Kier alpha value is -1.10. The molecule has 2 amide bonds. The molecule has 0 aromatic heterocycles. The first-order valence-corrected chi connectivity index (χ1v) is 7.80. The van der Waals surface area contributed by atoms with Crippen LogP contribution in [0.2, 0.25) is 0 Å². The fourth-order valence-electron chi connectivity index (χ4n) is 3.19. The van der Waals surface area contributed by atoms with Crippen LogP contribution in [0.25, 0.3) is 0 Å². The maximum Gasteiger partial charge on any atom is 0.241 e. The lowest BCUT2D eigenvalue weighted by molar-refractivity contribution is -0.133. The zero-order valence-corrected chi connectivity index (χ0v) is 12.5. The van der Waals surface area contributed by atoms with E-state index in [0.717, 1.165) is 38.6 Å². The monoisotopic (exact) mass is 281 g/mol. The summed E-state index contributed by atoms with van der Waals surface area (Å²) in [7, 11) is 0. The standard InChI is InChI=1S/C15H27N3O2/c1-15(10-16)7-8-18(11-15)13(19)9-17-14(20)12-5-3-2-4-6-12/h12H,2-11,16H2,1H3,(H,17,20). The molecule has 0 radical (unpaired) electrons. The van der Waals surface area contributed by atoms with Crippen molar-refractivity contribution >= 4 is 11.8 Å². The van der Waals surface area contributed by atoms with Gasteiger partial charge in [-0.2, -0.15) is 0 Å². The first-order valence-electron chi connectivity index (χ1n) is 7.80. The van der Waals surface area contributed by atoms with Crippen LogP contribution < -0.4 is 11.1 Å². The highest BCUT2D eigenvalue weighted by Crippen LogP contribution is 2.28. The molecular weight excluding hydrogens is 254 g/mol. The van der Waals surface area contributed by atoms with Gasteiger partial charge in [-0.1, -0.05) is 26.2 Å². The van der Waals surface area contributed by atoms with E-state index >= 15 is 0 Å². The second-order valence-corrected chi connectivity index (χ2v) is 6.63. The van der Waals surface area contributed by atoms with Gasteiger partial charge in [-0.05, 0) is 31.2 Å². The number of carbonyl (C=O) groups excluding carboxylic acids is 2. The first kappa shape index (κ1) is 15.3. The van der Waals surface area contributed by atoms with Gasteiger partial charge in [0.25, 0.3) is 0 Å². The highest BCUT2D eigenvalue weighted by molar-refractivity contribution is 5.86. The molecule has 0 bridgehead atoms. The van der Waals surface area contributed by atoms with Gasteiger partial charge >= 0.3 is 0 Å². The minimum Gasteiger partial charge on any atom is -0.347 e. The van der Waals surface area contributed by atoms with E-state index in [9.17, 15) is 9.59 Å². The number of likely N-dealkylation sites (tertiary alicyclic amines) is 1. The van der Waals surface area contributed by atoms with Gasteiger partial charge in [0, 0.05) is 19.0 Å². The molecule has 20 heavy (non-hydrogen) atoms. The van der Waals surface area contributed by atoms with Crippen molar-refractivity contribution in [3.05, 3.63) is 0 Å². The molecule has 2 rings (SSSR count). The Bertz CT molecular complexity index is 366. The number of hydrogen-bond acceptors (Lipinski definition) is 3. The summed E-state index contributed by atoms with van der Waals surface area (Å²) in [6.45, 7) is 4.32. The maximum atomic E-state index is 12.1. The molecule has 2 fully saturated rings. The van der Waals surface area contributed by atoms with Crippen LogP contribution in [0.5, 0.6) is 0 Å². The SMILES string of the molecule is CC1(CN)CCN(C(=O)CNC(=O)C2CCCCC2)C1. The predicted molar refractivity (Wildman–Crippen MR) is 77.9 cm³/mol. The van der Waals surface area contributed by atoms with Crippen LogP contribution in [0, 0.1) is 11.3 Å². The van der Waals surface area contributed by atoms with Gasteiger partial charge in [-0.15, -0.1) is 0 Å². The number of nitrogens with zero attached hydrogens (tertiary/aromatic N) is 1. The second-order valence-electron chi connectivity index (χ2n) is 6.63. The third-order valence-electron chi connectivity index (χ3n) is 4.79. The predicted octanol–water partition coefficient (Wildman–Crippen LogP) is 0.880. The van der Waals surface area contributed by atoms with Crippen molar-refractivity contribution in [1.29, 1.82) is 0 Å². The topological polar surface area (TPSA) is 75.4 Å². The molecule has 1 aliphatic heterocycles. The summed E-state index contributed by atoms with van der Waals surface area (Å²) in [6.07, 6.45) is 6.38. The minimum absolute atomic E-state index is 0.0198. The number of hydrogen-bond donors (Lipinski definition) is 2. The number of nitrogens with one attached hydrogen (secondary N) is 1. The Morgan fingerprint density at radius 2 is 2.00 bits per heavy atom. The van der Waals surface area contributed by atoms with E-state index in [1.54, 1.807) is 0 Å². The summed E-state index contributed by atoms with van der Waals surface area (Å²) in [4.78, 5) is 25.9. The van der Waals surface area contributed by atoms with Crippen LogP contribution in [0.1, 0.15) is 45.4 Å². The van der Waals surface area contributed by atoms with E-state index in [1.165, 1.54) is 6.42 Å². The van der Waals surface area contributed by atoms with Gasteiger partial charge in [0.05, 0.1) is 6.54 Å². The van der Waals surface area contributed by atoms with Gasteiger partial charge in [-0.25, -0.2) is 0 Å². The highest BCUT2D eigenvalue weighted by atomic mass is 16.2. The van der Waals surface area contributed by atoms with E-state index in [2.05, 4.69) is 12.2 Å². The molecule has 5 nitrogen and oxygen atoms in total. The lowest BCUT2D eigenvalue weighted by Crippen LogP contribution is -2.42. The normalized spacial score (nSPS) is 27.6. The van der Waals surface area contributed by atoms with E-state index in [-0.39, 0.29) is 29.7 Å². The molecule has 3 N–H and O–H groups in total. The fraction of sp³-hybridized carbons (Fsp3) is 0.867. The maximum absolute atomic E-state index is 12.1. The number of carbonyl (C=O) groups is 2. The lowest BCUT2D eigenvalue weighted by Gasteiger charge is -2.24. The van der Waals surface area contributed by atoms with Gasteiger partial charge in [-0.3, -0.25) is 9.59 Å². The van der Waals surface area contributed by atoms with Crippen molar-refractivity contribution in [2.45, 2.75) is 45.4 Å². The van der Waals surface area contributed by atoms with Crippen molar-refractivity contribution in [2.24, 2.45) is 17.1 Å². The van der Waals surface area contributed by atoms with Crippen molar-refractivity contribution in [2.75, 3.05) is 26.2 Å². The third-order valence-corrected chi connectivity index (χ3v) is 4.79. The van der Waals surface area contributed by atoms with Crippen LogP contribution in [0.4, 0.5) is 0 Å². The summed E-state index contributed by atoms with van der Waals surface area (Å²) in [6, 6.07) is 0. The molecule has 0 aromatic rings. The van der Waals surface area contributed by atoms with Crippen LogP contribution in [0.3, 0.4) is 0 Å². The molecular formula is C15H27N3O2. The Labute approximate surface area is 121 Å². The second kappa shape index (κ2) is 6.57. The minimum atomic E-state index is 0.0198. The molecule has 0 spiro atoms. The van der Waals surface area contributed by atoms with Gasteiger partial charge in [0.1, 0.15) is 0 Å². The Morgan fingerprint density at radius 3 is 2.60 bits per heavy atom. The van der Waals surface area contributed by atoms with Gasteiger partial charge in [0.15, 0.2) is 0 Å². The number of amides is 2. The Morgan fingerprint density at radius 1 is 1.30 bits per heavy atom. The molecule has 1 saturated carbocycles. The van der Waals surface area contributed by atoms with Gasteiger partial charge < -0.3 is 16.0 Å². The van der Waals surface area contributed by atoms with Crippen molar-refractivity contribution in [3.63, 3.8) is 0 Å². The highest BCUT2D eigenvalue weighted by Gasteiger charge is 2.34. The average molecular weight is 281 g/mol. The van der Waals surface area contributed by atoms with E-state index in [1.807, 2.05) is 4.90 Å². The zero-order valence-electron chi connectivity index (χ0n) is 12.5. The summed E-state index contributed by atoms with van der Waals surface area (Å²) in [5.41, 5.74) is 5.79. The van der Waals surface area contributed by atoms with Crippen molar-refractivity contribution in [3.8, 4) is 0 Å². The number of rotatable bonds is 4. The summed E-state index contributed by atoms with van der Waals surface area (Å²) >= 11 is 0. The van der Waals surface area contributed by atoms with Gasteiger partial charge in [0.2, 0.25) is 11.8 Å². The van der Waals surface area contributed by atoms with E-state index in [0.29, 0.717) is 13.1 Å². The van der Waals surface area contributed by atoms with Crippen molar-refractivity contribution in [1.82, 2.24) is 10.2 Å². The summed E-state index contributed by atoms with van der Waals surface area (Å²) in [5, 5.41) is 2.81. The van der Waals surface area contributed by atoms with Crippen LogP contribution in [0.15, 0.2) is 0 Å². The summed E-state index contributed by atoms with van der Waals surface area (Å²) in [5.74, 6) is 0.189. The smallest absolute Gasteiger partial charge is 0.241 e. The van der Waals surface area contributed by atoms with Crippen molar-refractivity contribution < 1.29 is 9.59 Å². The van der Waals surface area contributed by atoms with Crippen LogP contribution in [-0.4, -0.2) is 42.9 Å². The average Bonchev–Trinajstić information content (AvgIpc) is 2.89. The third kappa shape index (κ3) is 3.72. The number of nitrogens with two attached hydrogens (primary N) is 1. The molecule has 1 aliphatic carbocycles. The van der Waals surface area contributed by atoms with Crippen LogP contribution in [-0.2, 0) is 9.59 Å². The summed E-state index contributed by atoms with van der Waals surface area (Å²) < 4.78 is 0. The molecule has 1 heterocycles. The molecule has 2 aliphatic rings. The van der Waals surface area contributed by atoms with Crippen LogP contribution >= 0.6 is 0 Å². The molecule has 1 atom stereocenters. The zero-order chi connectivity index (χ0) is 14.6. The molecule has 5 heteroatoms. The van der Waals surface area contributed by atoms with E-state index in [4.69, 9.17) is 5.73 Å². The fourth-order valence-corrected chi connectivity index (χ4v) is 3.19. The first-order chi connectivity index (χ1) is 9.54. The molecule has 0 aromatic carbocycles. The molecule has 1 unspecified atom stereocenters. The lowest BCUT2D eigenvalue weighted by atomic mass is 9.89. The largest absolute Gasteiger partial charge is 0.347 e. The molecule has 1 saturated heterocycles. The Balaban J connectivity index is 1.74.